The molecule has 6 heteroatoms. The molecule has 0 saturated heterocycles. The molecular weight excluding hydrogens is 308 g/mol. The number of hydrogen-bond donors (Lipinski definition) is 0. The van der Waals surface area contributed by atoms with E-state index in [-0.39, 0.29) is 0 Å². The highest BCUT2D eigenvalue weighted by Gasteiger charge is 2.28. The first kappa shape index (κ1) is 17.1. The van der Waals surface area contributed by atoms with Crippen molar-refractivity contribution in [2.75, 3.05) is 0 Å². The van der Waals surface area contributed by atoms with Crippen molar-refractivity contribution in [3.8, 4) is 0 Å². The van der Waals surface area contributed by atoms with Crippen LogP contribution in [-0.4, -0.2) is 9.85 Å². The zero-order valence-corrected chi connectivity index (χ0v) is 13.3. The summed E-state index contributed by atoms with van der Waals surface area (Å²) >= 11 is 0. The van der Waals surface area contributed by atoms with Gasteiger partial charge in [-0.3, -0.25) is 20.2 Å². The summed E-state index contributed by atoms with van der Waals surface area (Å²) < 4.78 is 0. The first-order valence-corrected chi connectivity index (χ1v) is 7.22. The minimum Gasteiger partial charge on any atom is -0.258 e. The van der Waals surface area contributed by atoms with Gasteiger partial charge in [0.25, 0.3) is 0 Å². The van der Waals surface area contributed by atoms with E-state index in [1.165, 1.54) is 12.2 Å². The van der Waals surface area contributed by atoms with E-state index in [4.69, 9.17) is 0 Å². The van der Waals surface area contributed by atoms with Gasteiger partial charge in [0, 0.05) is 12.2 Å². The van der Waals surface area contributed by atoms with Crippen LogP contribution < -0.4 is 0 Å². The summed E-state index contributed by atoms with van der Waals surface area (Å²) in [6, 6.07) is 13.9. The van der Waals surface area contributed by atoms with Gasteiger partial charge in [0.15, 0.2) is 0 Å². The zero-order valence-electron chi connectivity index (χ0n) is 13.3. The molecule has 6 nitrogen and oxygen atoms in total. The van der Waals surface area contributed by atoms with Crippen LogP contribution in [0, 0.1) is 34.1 Å². The zero-order chi connectivity index (χ0) is 17.7. The Balaban J connectivity index is 2.52. The van der Waals surface area contributed by atoms with Crippen molar-refractivity contribution < 1.29 is 9.85 Å². The molecule has 0 radical (unpaired) electrons. The van der Waals surface area contributed by atoms with Crippen LogP contribution in [0.5, 0.6) is 0 Å². The average molecular weight is 324 g/mol. The van der Waals surface area contributed by atoms with Crippen LogP contribution in [0.15, 0.2) is 59.9 Å². The van der Waals surface area contributed by atoms with E-state index in [1.54, 1.807) is 48.5 Å². The quantitative estimate of drug-likeness (QED) is 0.467. The minimum absolute atomic E-state index is 0.531. The number of nitro groups is 2. The monoisotopic (exact) mass is 324 g/mol. The summed E-state index contributed by atoms with van der Waals surface area (Å²) in [5, 5.41) is 22.7. The Kier molecular flexibility index (Phi) is 5.21. The molecular formula is C18H16N2O4. The van der Waals surface area contributed by atoms with Crippen molar-refractivity contribution >= 4 is 12.2 Å². The summed E-state index contributed by atoms with van der Waals surface area (Å²) in [7, 11) is 0. The number of benzene rings is 2. The highest BCUT2D eigenvalue weighted by atomic mass is 16.6. The van der Waals surface area contributed by atoms with Crippen molar-refractivity contribution in [3.05, 3.63) is 102 Å². The van der Waals surface area contributed by atoms with Crippen molar-refractivity contribution in [2.45, 2.75) is 13.8 Å². The molecule has 0 spiro atoms. The van der Waals surface area contributed by atoms with E-state index in [0.29, 0.717) is 11.1 Å². The van der Waals surface area contributed by atoms with Gasteiger partial charge in [-0.15, -0.1) is 0 Å². The minimum atomic E-state index is -0.733. The predicted octanol–water partition coefficient (Wildman–Crippen LogP) is 4.24. The smallest absolute Gasteiger partial charge is 0.258 e. The maximum Gasteiger partial charge on any atom is 0.346 e. The third-order valence-electron chi connectivity index (χ3n) is 3.42. The SMILES string of the molecule is Cc1ccc(/C=C(/C(=C\c2ccc(C)cc2)[N+](=O)[O-])[N+](=O)[O-])cc1. The van der Waals surface area contributed by atoms with Crippen molar-refractivity contribution in [1.29, 1.82) is 0 Å². The summed E-state index contributed by atoms with van der Waals surface area (Å²) in [5.74, 6) is 0. The van der Waals surface area contributed by atoms with Crippen molar-refractivity contribution in [3.63, 3.8) is 0 Å². The maximum atomic E-state index is 11.4. The number of aryl methyl sites for hydroxylation is 2. The van der Waals surface area contributed by atoms with Gasteiger partial charge in [0.1, 0.15) is 0 Å². The van der Waals surface area contributed by atoms with E-state index in [1.807, 2.05) is 13.8 Å². The largest absolute Gasteiger partial charge is 0.346 e. The first-order valence-electron chi connectivity index (χ1n) is 7.22. The number of nitrogens with zero attached hydrogens (tertiary/aromatic N) is 2. The summed E-state index contributed by atoms with van der Waals surface area (Å²) in [5.41, 5.74) is 1.96. The molecule has 122 valence electrons. The molecule has 0 aliphatic rings. The van der Waals surface area contributed by atoms with E-state index in [2.05, 4.69) is 0 Å². The summed E-state index contributed by atoms with van der Waals surface area (Å²) in [6.45, 7) is 3.78. The summed E-state index contributed by atoms with van der Waals surface area (Å²) in [6.07, 6.45) is 2.42. The second-order valence-corrected chi connectivity index (χ2v) is 5.39. The molecule has 2 aromatic carbocycles. The Morgan fingerprint density at radius 2 is 1.00 bits per heavy atom. The van der Waals surface area contributed by atoms with Gasteiger partial charge in [-0.05, 0) is 25.0 Å². The standard InChI is InChI=1S/C18H16N2O4/c1-13-3-7-15(8-4-13)11-17(19(21)22)18(20(23)24)12-16-9-5-14(2)6-10-16/h3-12H,1-2H3/b17-11-,18-12+. The highest BCUT2D eigenvalue weighted by Crippen LogP contribution is 2.20. The fourth-order valence-electron chi connectivity index (χ4n) is 2.08. The van der Waals surface area contributed by atoms with Gasteiger partial charge in [-0.2, -0.15) is 0 Å². The van der Waals surface area contributed by atoms with E-state index in [0.717, 1.165) is 11.1 Å². The molecule has 0 aromatic heterocycles. The lowest BCUT2D eigenvalue weighted by Crippen LogP contribution is -2.09. The summed E-state index contributed by atoms with van der Waals surface area (Å²) in [4.78, 5) is 21.2. The van der Waals surface area contributed by atoms with Crippen LogP contribution in [0.2, 0.25) is 0 Å². The molecule has 0 atom stereocenters. The molecule has 0 N–H and O–H groups in total. The molecule has 0 amide bonds. The van der Waals surface area contributed by atoms with Crippen LogP contribution >= 0.6 is 0 Å². The Morgan fingerprint density at radius 1 is 0.708 bits per heavy atom. The highest BCUT2D eigenvalue weighted by molar-refractivity contribution is 5.62. The maximum absolute atomic E-state index is 11.4. The molecule has 0 aliphatic heterocycles. The van der Waals surface area contributed by atoms with Crippen LogP contribution in [0.3, 0.4) is 0 Å². The number of rotatable bonds is 5. The second kappa shape index (κ2) is 7.32. The van der Waals surface area contributed by atoms with Gasteiger partial charge in [0.05, 0.1) is 9.85 Å². The Bertz CT molecular complexity index is 748. The normalized spacial score (nSPS) is 12.1. The van der Waals surface area contributed by atoms with Gasteiger partial charge in [-0.25, -0.2) is 0 Å². The molecule has 0 heterocycles. The van der Waals surface area contributed by atoms with Crippen molar-refractivity contribution in [2.24, 2.45) is 0 Å². The van der Waals surface area contributed by atoms with Gasteiger partial charge >= 0.3 is 11.4 Å². The van der Waals surface area contributed by atoms with Crippen LogP contribution in [-0.2, 0) is 0 Å². The van der Waals surface area contributed by atoms with Crippen LogP contribution in [0.4, 0.5) is 0 Å². The average Bonchev–Trinajstić information content (AvgIpc) is 2.54. The lowest BCUT2D eigenvalue weighted by molar-refractivity contribution is -0.477. The third-order valence-corrected chi connectivity index (χ3v) is 3.42. The molecule has 0 unspecified atom stereocenters. The molecule has 0 aliphatic carbocycles. The van der Waals surface area contributed by atoms with Gasteiger partial charge in [0.2, 0.25) is 0 Å². The van der Waals surface area contributed by atoms with E-state index in [9.17, 15) is 20.2 Å². The van der Waals surface area contributed by atoms with Gasteiger partial charge in [-0.1, -0.05) is 59.7 Å². The molecule has 0 bridgehead atoms. The second-order valence-electron chi connectivity index (χ2n) is 5.39. The fraction of sp³-hybridized carbons (Fsp3) is 0.111. The Hall–Kier alpha value is -3.28. The molecule has 2 rings (SSSR count). The molecule has 24 heavy (non-hydrogen) atoms. The van der Waals surface area contributed by atoms with Crippen LogP contribution in [0.1, 0.15) is 22.3 Å². The lowest BCUT2D eigenvalue weighted by atomic mass is 10.1. The molecule has 0 fully saturated rings. The van der Waals surface area contributed by atoms with Crippen LogP contribution in [0.25, 0.3) is 12.2 Å². The van der Waals surface area contributed by atoms with Crippen molar-refractivity contribution in [1.82, 2.24) is 0 Å². The van der Waals surface area contributed by atoms with E-state index < -0.39 is 21.2 Å². The third kappa shape index (κ3) is 4.36. The predicted molar refractivity (Wildman–Crippen MR) is 92.3 cm³/mol. The number of hydrogen-bond acceptors (Lipinski definition) is 4. The van der Waals surface area contributed by atoms with E-state index >= 15 is 0 Å². The lowest BCUT2D eigenvalue weighted by Gasteiger charge is -2.00. The fourth-order valence-corrected chi connectivity index (χ4v) is 2.08. The first-order chi connectivity index (χ1) is 11.4. The molecule has 0 saturated carbocycles. The van der Waals surface area contributed by atoms with Gasteiger partial charge < -0.3 is 0 Å². The molecule has 2 aromatic rings. The topological polar surface area (TPSA) is 86.3 Å². The Morgan fingerprint density at radius 3 is 1.25 bits per heavy atom. The Labute approximate surface area is 139 Å².